The summed E-state index contributed by atoms with van der Waals surface area (Å²) in [4.78, 5) is 0. The fraction of sp³-hybridized carbons (Fsp3) is 0.182. The van der Waals surface area contributed by atoms with Crippen LogP contribution in [-0.4, -0.2) is 9.78 Å². The maximum atomic E-state index is 14.9. The average Bonchev–Trinajstić information content (AvgIpc) is 3.06. The number of aromatic nitrogens is 2. The highest BCUT2D eigenvalue weighted by Gasteiger charge is 2.39. The second-order valence-electron chi connectivity index (χ2n) is 6.72. The number of hydrogen-bond acceptors (Lipinski definition) is 4. The largest absolute Gasteiger partial charge is 0.422 e. The minimum Gasteiger partial charge on any atom is -0.422 e. The molecule has 2 heterocycles. The summed E-state index contributed by atoms with van der Waals surface area (Å²) < 4.78 is 22.4. The van der Waals surface area contributed by atoms with Gasteiger partial charge >= 0.3 is 0 Å². The van der Waals surface area contributed by atoms with Gasteiger partial charge in [0.1, 0.15) is 17.5 Å². The van der Waals surface area contributed by atoms with Crippen LogP contribution >= 0.6 is 11.6 Å². The number of nitrogens with two attached hydrogens (primary N) is 1. The molecule has 0 radical (unpaired) electrons. The van der Waals surface area contributed by atoms with Crippen LogP contribution in [-0.2, 0) is 6.42 Å². The van der Waals surface area contributed by atoms with Crippen LogP contribution in [0.1, 0.15) is 36.1 Å². The minimum atomic E-state index is -0.795. The number of allylic oxidation sites excluding steroid dienone is 1. The predicted octanol–water partition coefficient (Wildman–Crippen LogP) is 4.84. The van der Waals surface area contributed by atoms with E-state index in [9.17, 15) is 9.65 Å². The quantitative estimate of drug-likeness (QED) is 0.670. The van der Waals surface area contributed by atoms with Crippen molar-refractivity contribution in [3.05, 3.63) is 87.6 Å². The summed E-state index contributed by atoms with van der Waals surface area (Å²) >= 11 is 6.37. The molecule has 7 heteroatoms. The van der Waals surface area contributed by atoms with Gasteiger partial charge in [-0.1, -0.05) is 49.2 Å². The number of para-hydroxylation sites is 1. The second kappa shape index (κ2) is 7.61. The summed E-state index contributed by atoms with van der Waals surface area (Å²) in [5.41, 5.74) is 8.52. The molecular weight excluding hydrogens is 391 g/mol. The maximum absolute atomic E-state index is 14.9. The van der Waals surface area contributed by atoms with Gasteiger partial charge in [-0.2, -0.15) is 10.4 Å². The lowest BCUT2D eigenvalue weighted by Crippen LogP contribution is -2.23. The lowest BCUT2D eigenvalue weighted by molar-refractivity contribution is 0.366. The highest BCUT2D eigenvalue weighted by atomic mass is 35.5. The summed E-state index contributed by atoms with van der Waals surface area (Å²) in [6.07, 6.45) is 1.45. The molecular formula is C22H18ClFN4O. The normalized spacial score (nSPS) is 15.6. The third-order valence-electron chi connectivity index (χ3n) is 4.90. The number of hydrogen-bond donors (Lipinski definition) is 1. The number of nitrogens with zero attached hydrogens (tertiary/aromatic N) is 3. The van der Waals surface area contributed by atoms with Crippen molar-refractivity contribution < 1.29 is 9.13 Å². The van der Waals surface area contributed by atoms with E-state index in [1.54, 1.807) is 10.7 Å². The number of nitriles is 1. The molecule has 3 aromatic rings. The molecule has 2 N–H and O–H groups in total. The van der Waals surface area contributed by atoms with Crippen LogP contribution in [0, 0.1) is 17.1 Å². The van der Waals surface area contributed by atoms with Crippen LogP contribution in [0.3, 0.4) is 0 Å². The Balaban J connectivity index is 2.04. The Kier molecular flexibility index (Phi) is 4.99. The monoisotopic (exact) mass is 408 g/mol. The topological polar surface area (TPSA) is 76.9 Å². The lowest BCUT2D eigenvalue weighted by atomic mass is 9.83. The highest BCUT2D eigenvalue weighted by Crippen LogP contribution is 2.47. The molecule has 1 aromatic heterocycles. The molecule has 1 atom stereocenters. The van der Waals surface area contributed by atoms with Gasteiger partial charge < -0.3 is 10.5 Å². The van der Waals surface area contributed by atoms with Gasteiger partial charge in [0.05, 0.1) is 22.9 Å². The average molecular weight is 409 g/mol. The van der Waals surface area contributed by atoms with Crippen LogP contribution in [0.5, 0.6) is 5.88 Å². The second-order valence-corrected chi connectivity index (χ2v) is 7.13. The highest BCUT2D eigenvalue weighted by molar-refractivity contribution is 6.31. The molecule has 5 nitrogen and oxygen atoms in total. The third-order valence-corrected chi connectivity index (χ3v) is 5.23. The molecule has 1 unspecified atom stereocenters. The Hall–Kier alpha value is -3.30. The summed E-state index contributed by atoms with van der Waals surface area (Å²) in [5, 5.41) is 14.7. The number of fused-ring (bicyclic) bond motifs is 1. The summed E-state index contributed by atoms with van der Waals surface area (Å²) in [6, 6.07) is 16.0. The predicted molar refractivity (Wildman–Crippen MR) is 108 cm³/mol. The van der Waals surface area contributed by atoms with E-state index in [0.717, 1.165) is 17.8 Å². The number of rotatable bonds is 4. The van der Waals surface area contributed by atoms with E-state index in [2.05, 4.69) is 6.07 Å². The number of benzene rings is 2. The van der Waals surface area contributed by atoms with E-state index < -0.39 is 11.7 Å². The molecule has 0 aliphatic carbocycles. The standard InChI is InChI=1S/C22H18ClFN4O/c1-2-7-17-20-18(19-15(23)10-6-11-16(19)24)14(12-25)21(26)29-22(20)28(27-17)13-8-4-3-5-9-13/h3-6,8-11,18H,2,7,26H2,1H3. The first-order valence-electron chi connectivity index (χ1n) is 9.25. The van der Waals surface area contributed by atoms with Gasteiger partial charge in [0.2, 0.25) is 11.8 Å². The van der Waals surface area contributed by atoms with Crippen LogP contribution in [0.25, 0.3) is 5.69 Å². The zero-order valence-electron chi connectivity index (χ0n) is 15.7. The van der Waals surface area contributed by atoms with E-state index >= 15 is 0 Å². The van der Waals surface area contributed by atoms with Gasteiger partial charge in [0, 0.05) is 10.6 Å². The fourth-order valence-electron chi connectivity index (χ4n) is 3.65. The molecule has 0 spiro atoms. The third kappa shape index (κ3) is 3.14. The van der Waals surface area contributed by atoms with Gasteiger partial charge in [-0.05, 0) is 30.7 Å². The van der Waals surface area contributed by atoms with Crippen molar-refractivity contribution in [3.63, 3.8) is 0 Å². The van der Waals surface area contributed by atoms with Gasteiger partial charge in [-0.15, -0.1) is 0 Å². The van der Waals surface area contributed by atoms with E-state index in [0.29, 0.717) is 17.9 Å². The van der Waals surface area contributed by atoms with Crippen molar-refractivity contribution in [1.29, 1.82) is 5.26 Å². The number of ether oxygens (including phenoxy) is 1. The molecule has 0 saturated carbocycles. The van der Waals surface area contributed by atoms with Crippen LogP contribution in [0.4, 0.5) is 4.39 Å². The van der Waals surface area contributed by atoms with E-state index in [4.69, 9.17) is 27.2 Å². The molecule has 146 valence electrons. The van der Waals surface area contributed by atoms with Crippen molar-refractivity contribution in [2.24, 2.45) is 5.73 Å². The van der Waals surface area contributed by atoms with Gasteiger partial charge in [-0.25, -0.2) is 9.07 Å². The van der Waals surface area contributed by atoms with Crippen LogP contribution in [0.2, 0.25) is 5.02 Å². The molecule has 0 fully saturated rings. The van der Waals surface area contributed by atoms with Crippen LogP contribution < -0.4 is 10.5 Å². The maximum Gasteiger partial charge on any atom is 0.229 e. The Morgan fingerprint density at radius 3 is 2.62 bits per heavy atom. The first-order chi connectivity index (χ1) is 14.1. The molecule has 1 aliphatic heterocycles. The first kappa shape index (κ1) is 19.0. The summed E-state index contributed by atoms with van der Waals surface area (Å²) in [6.45, 7) is 2.03. The Bertz CT molecular complexity index is 1130. The minimum absolute atomic E-state index is 0.0792. The lowest BCUT2D eigenvalue weighted by Gasteiger charge is -2.26. The van der Waals surface area contributed by atoms with E-state index in [1.165, 1.54) is 12.1 Å². The molecule has 0 saturated heterocycles. The number of halogens is 2. The van der Waals surface area contributed by atoms with E-state index in [-0.39, 0.29) is 22.0 Å². The van der Waals surface area contributed by atoms with Crippen molar-refractivity contribution in [2.45, 2.75) is 25.7 Å². The zero-order valence-corrected chi connectivity index (χ0v) is 16.4. The first-order valence-corrected chi connectivity index (χ1v) is 9.63. The molecule has 1 aliphatic rings. The summed E-state index contributed by atoms with van der Waals surface area (Å²) in [5.74, 6) is -1.01. The molecule has 4 rings (SSSR count). The summed E-state index contributed by atoms with van der Waals surface area (Å²) in [7, 11) is 0. The molecule has 2 aromatic carbocycles. The van der Waals surface area contributed by atoms with Crippen molar-refractivity contribution >= 4 is 11.6 Å². The Morgan fingerprint density at radius 1 is 1.21 bits per heavy atom. The zero-order chi connectivity index (χ0) is 20.5. The Labute approximate surface area is 172 Å². The van der Waals surface area contributed by atoms with E-state index in [1.807, 2.05) is 37.3 Å². The molecule has 0 amide bonds. The smallest absolute Gasteiger partial charge is 0.229 e. The van der Waals surface area contributed by atoms with Crippen LogP contribution in [0.15, 0.2) is 60.0 Å². The fourth-order valence-corrected chi connectivity index (χ4v) is 3.92. The van der Waals surface area contributed by atoms with Gasteiger partial charge in [0.25, 0.3) is 0 Å². The molecule has 0 bridgehead atoms. The SMILES string of the molecule is CCCc1nn(-c2ccccc2)c2c1C(c1c(F)cccc1Cl)C(C#N)=C(N)O2. The van der Waals surface area contributed by atoms with Crippen molar-refractivity contribution in [1.82, 2.24) is 9.78 Å². The Morgan fingerprint density at radius 2 is 1.97 bits per heavy atom. The number of aryl methyl sites for hydroxylation is 1. The van der Waals surface area contributed by atoms with Gasteiger partial charge in [-0.3, -0.25) is 0 Å². The van der Waals surface area contributed by atoms with Crippen molar-refractivity contribution in [3.8, 4) is 17.6 Å². The van der Waals surface area contributed by atoms with Gasteiger partial charge in [0.15, 0.2) is 0 Å². The molecule has 29 heavy (non-hydrogen) atoms. The van der Waals surface area contributed by atoms with Crippen molar-refractivity contribution in [2.75, 3.05) is 0 Å².